The van der Waals surface area contributed by atoms with Gasteiger partial charge in [-0.05, 0) is 37.2 Å². The predicted molar refractivity (Wildman–Crippen MR) is 55.5 cm³/mol. The summed E-state index contributed by atoms with van der Waals surface area (Å²) in [6.45, 7) is 2.88. The number of benzene rings is 1. The molecule has 0 spiro atoms. The lowest BCUT2D eigenvalue weighted by Gasteiger charge is -2.09. The van der Waals surface area contributed by atoms with Crippen molar-refractivity contribution in [2.45, 2.75) is 13.5 Å². The second-order valence-electron chi connectivity index (χ2n) is 2.94. The molecule has 0 saturated carbocycles. The van der Waals surface area contributed by atoms with Crippen molar-refractivity contribution in [2.75, 3.05) is 14.2 Å². The van der Waals surface area contributed by atoms with Crippen LogP contribution in [0.15, 0.2) is 12.1 Å². The lowest BCUT2D eigenvalue weighted by atomic mass is 10.1. The summed E-state index contributed by atoms with van der Waals surface area (Å²) in [7, 11) is 3.54. The van der Waals surface area contributed by atoms with Crippen LogP contribution in [-0.2, 0) is 6.54 Å². The molecule has 1 aromatic rings. The first kappa shape index (κ1) is 10.4. The molecule has 0 atom stereocenters. The van der Waals surface area contributed by atoms with Crippen molar-refractivity contribution in [2.24, 2.45) is 0 Å². The number of hydrogen-bond acceptors (Lipinski definition) is 2. The molecule has 13 heavy (non-hydrogen) atoms. The average Bonchev–Trinajstić information content (AvgIpc) is 2.11. The Labute approximate surface area is 83.9 Å². The number of halogens is 1. The van der Waals surface area contributed by atoms with Crippen LogP contribution in [0, 0.1) is 6.92 Å². The van der Waals surface area contributed by atoms with Crippen LogP contribution >= 0.6 is 11.6 Å². The van der Waals surface area contributed by atoms with Gasteiger partial charge in [-0.1, -0.05) is 11.6 Å². The molecule has 0 bridgehead atoms. The first-order valence-corrected chi connectivity index (χ1v) is 4.54. The van der Waals surface area contributed by atoms with Gasteiger partial charge in [0.25, 0.3) is 0 Å². The van der Waals surface area contributed by atoms with Gasteiger partial charge in [-0.25, -0.2) is 0 Å². The molecule has 0 radical (unpaired) electrons. The van der Waals surface area contributed by atoms with E-state index in [9.17, 15) is 0 Å². The highest BCUT2D eigenvalue weighted by atomic mass is 35.5. The summed E-state index contributed by atoms with van der Waals surface area (Å²) in [5, 5.41) is 3.76. The summed E-state index contributed by atoms with van der Waals surface area (Å²) < 4.78 is 5.11. The molecule has 0 amide bonds. The van der Waals surface area contributed by atoms with E-state index in [1.54, 1.807) is 7.11 Å². The van der Waals surface area contributed by atoms with E-state index in [2.05, 4.69) is 5.32 Å². The lowest BCUT2D eigenvalue weighted by Crippen LogP contribution is -2.06. The van der Waals surface area contributed by atoms with Gasteiger partial charge in [0.2, 0.25) is 0 Å². The van der Waals surface area contributed by atoms with Crippen molar-refractivity contribution >= 4 is 11.6 Å². The molecule has 0 heterocycles. The van der Waals surface area contributed by atoms with Gasteiger partial charge in [0.05, 0.1) is 12.1 Å². The minimum absolute atomic E-state index is 0.665. The molecule has 2 nitrogen and oxygen atoms in total. The van der Waals surface area contributed by atoms with Crippen molar-refractivity contribution < 1.29 is 4.74 Å². The molecule has 1 N–H and O–H groups in total. The van der Waals surface area contributed by atoms with Crippen molar-refractivity contribution in [3.05, 3.63) is 28.3 Å². The summed E-state index contributed by atoms with van der Waals surface area (Å²) in [5.41, 5.74) is 2.39. The molecular formula is C10H14ClNO. The Hall–Kier alpha value is -0.730. The second-order valence-corrected chi connectivity index (χ2v) is 3.35. The third-order valence-electron chi connectivity index (χ3n) is 1.98. The second kappa shape index (κ2) is 4.49. The maximum Gasteiger partial charge on any atom is 0.137 e. The minimum Gasteiger partial charge on any atom is -0.495 e. The molecule has 3 heteroatoms. The molecule has 0 aromatic heterocycles. The summed E-state index contributed by atoms with van der Waals surface area (Å²) >= 11 is 5.98. The van der Waals surface area contributed by atoms with Gasteiger partial charge in [0.1, 0.15) is 5.75 Å². The molecule has 0 aliphatic heterocycles. The number of hydrogen-bond donors (Lipinski definition) is 1. The quantitative estimate of drug-likeness (QED) is 0.807. The molecule has 0 saturated heterocycles. The van der Waals surface area contributed by atoms with E-state index in [1.807, 2.05) is 26.1 Å². The van der Waals surface area contributed by atoms with Crippen LogP contribution in [0.1, 0.15) is 11.1 Å². The van der Waals surface area contributed by atoms with E-state index >= 15 is 0 Å². The molecule has 0 aliphatic carbocycles. The van der Waals surface area contributed by atoms with Crippen LogP contribution in [0.4, 0.5) is 0 Å². The van der Waals surface area contributed by atoms with E-state index in [0.717, 1.165) is 12.3 Å². The van der Waals surface area contributed by atoms with Gasteiger partial charge in [-0.2, -0.15) is 0 Å². The third kappa shape index (κ3) is 2.36. The molecule has 72 valence electrons. The van der Waals surface area contributed by atoms with Crippen molar-refractivity contribution in [1.29, 1.82) is 0 Å². The number of nitrogens with one attached hydrogen (secondary N) is 1. The van der Waals surface area contributed by atoms with Crippen LogP contribution in [0.2, 0.25) is 5.02 Å². The zero-order valence-electron chi connectivity index (χ0n) is 8.15. The summed E-state index contributed by atoms with van der Waals surface area (Å²) in [4.78, 5) is 0. The highest BCUT2D eigenvalue weighted by Gasteiger charge is 2.04. The van der Waals surface area contributed by atoms with Crippen LogP contribution in [-0.4, -0.2) is 14.2 Å². The van der Waals surface area contributed by atoms with Gasteiger partial charge in [0.15, 0.2) is 0 Å². The normalized spacial score (nSPS) is 10.2. The Bertz CT molecular complexity index is 299. The molecule has 0 unspecified atom stereocenters. The molecule has 0 aliphatic rings. The van der Waals surface area contributed by atoms with Crippen LogP contribution in [0.3, 0.4) is 0 Å². The highest BCUT2D eigenvalue weighted by molar-refractivity contribution is 6.32. The van der Waals surface area contributed by atoms with E-state index in [4.69, 9.17) is 16.3 Å². The fraction of sp³-hybridized carbons (Fsp3) is 0.400. The Balaban J connectivity index is 3.05. The van der Waals surface area contributed by atoms with Gasteiger partial charge >= 0.3 is 0 Å². The standard InChI is InChI=1S/C10H14ClNO/c1-7-4-10(13-3)9(11)5-8(7)6-12-2/h4-5,12H,6H2,1-3H3. The van der Waals surface area contributed by atoms with E-state index in [-0.39, 0.29) is 0 Å². The number of aryl methyl sites for hydroxylation is 1. The Morgan fingerprint density at radius 1 is 1.46 bits per heavy atom. The maximum atomic E-state index is 5.98. The number of ether oxygens (including phenoxy) is 1. The van der Waals surface area contributed by atoms with Gasteiger partial charge in [-0.15, -0.1) is 0 Å². The van der Waals surface area contributed by atoms with E-state index in [0.29, 0.717) is 5.02 Å². The topological polar surface area (TPSA) is 21.3 Å². The minimum atomic E-state index is 0.665. The van der Waals surface area contributed by atoms with Crippen molar-refractivity contribution in [3.8, 4) is 5.75 Å². The lowest BCUT2D eigenvalue weighted by molar-refractivity contribution is 0.414. The number of rotatable bonds is 3. The molecule has 0 fully saturated rings. The Morgan fingerprint density at radius 2 is 2.15 bits per heavy atom. The molecule has 1 rings (SSSR count). The van der Waals surface area contributed by atoms with Crippen LogP contribution in [0.5, 0.6) is 5.75 Å². The fourth-order valence-corrected chi connectivity index (χ4v) is 1.50. The predicted octanol–water partition coefficient (Wildman–Crippen LogP) is 2.38. The SMILES string of the molecule is CNCc1cc(Cl)c(OC)cc1C. The largest absolute Gasteiger partial charge is 0.495 e. The molecular weight excluding hydrogens is 186 g/mol. The number of methoxy groups -OCH3 is 1. The molecule has 1 aromatic carbocycles. The monoisotopic (exact) mass is 199 g/mol. The van der Waals surface area contributed by atoms with Gasteiger partial charge < -0.3 is 10.1 Å². The summed E-state index contributed by atoms with van der Waals surface area (Å²) in [6.07, 6.45) is 0. The zero-order valence-corrected chi connectivity index (χ0v) is 8.90. The van der Waals surface area contributed by atoms with Crippen LogP contribution < -0.4 is 10.1 Å². The van der Waals surface area contributed by atoms with Crippen molar-refractivity contribution in [1.82, 2.24) is 5.32 Å². The fourth-order valence-electron chi connectivity index (χ4n) is 1.23. The highest BCUT2D eigenvalue weighted by Crippen LogP contribution is 2.27. The smallest absolute Gasteiger partial charge is 0.137 e. The van der Waals surface area contributed by atoms with Crippen LogP contribution in [0.25, 0.3) is 0 Å². The van der Waals surface area contributed by atoms with Crippen molar-refractivity contribution in [3.63, 3.8) is 0 Å². The Morgan fingerprint density at radius 3 is 2.69 bits per heavy atom. The Kier molecular flexibility index (Phi) is 3.58. The summed E-state index contributed by atoms with van der Waals surface area (Å²) in [6, 6.07) is 3.89. The average molecular weight is 200 g/mol. The van der Waals surface area contributed by atoms with E-state index in [1.165, 1.54) is 11.1 Å². The first-order chi connectivity index (χ1) is 6.19. The summed E-state index contributed by atoms with van der Waals surface area (Å²) in [5.74, 6) is 0.735. The van der Waals surface area contributed by atoms with Gasteiger partial charge in [0, 0.05) is 6.54 Å². The third-order valence-corrected chi connectivity index (χ3v) is 2.27. The zero-order chi connectivity index (χ0) is 9.84. The van der Waals surface area contributed by atoms with E-state index < -0.39 is 0 Å². The van der Waals surface area contributed by atoms with Gasteiger partial charge in [-0.3, -0.25) is 0 Å². The first-order valence-electron chi connectivity index (χ1n) is 4.16. The maximum absolute atomic E-state index is 5.98.